The number of hydrogen-bond donors (Lipinski definition) is 2. The maximum atomic E-state index is 12.6. The third-order valence-corrected chi connectivity index (χ3v) is 5.29. The fourth-order valence-corrected chi connectivity index (χ4v) is 3.81. The quantitative estimate of drug-likeness (QED) is 0.756. The number of carbonyl (C=O) groups excluding carboxylic acids is 1. The van der Waals surface area contributed by atoms with Crippen molar-refractivity contribution in [2.24, 2.45) is 11.8 Å². The van der Waals surface area contributed by atoms with Gasteiger partial charge in [-0.25, -0.2) is 0 Å². The van der Waals surface area contributed by atoms with Crippen molar-refractivity contribution in [3.63, 3.8) is 0 Å². The Morgan fingerprint density at radius 1 is 1.30 bits per heavy atom. The van der Waals surface area contributed by atoms with Crippen LogP contribution in [-0.4, -0.2) is 35.0 Å². The molecule has 2 N–H and O–H groups in total. The minimum atomic E-state index is -1.75. The number of aliphatic hydroxyl groups is 2. The first-order chi connectivity index (χ1) is 13.0. The first-order valence-corrected chi connectivity index (χ1v) is 9.23. The Hall–Kier alpha value is -2.15. The van der Waals surface area contributed by atoms with Gasteiger partial charge in [-0.15, -0.1) is 0 Å². The molecule has 0 radical (unpaired) electrons. The topological polar surface area (TPSA) is 89.1 Å². The molecule has 1 aliphatic rings. The van der Waals surface area contributed by atoms with Crippen LogP contribution in [0.2, 0.25) is 0 Å². The molecular weight excluding hydrogens is 348 g/mol. The van der Waals surface area contributed by atoms with Gasteiger partial charge in [0.05, 0.1) is 37.8 Å². The average Bonchev–Trinajstić information content (AvgIpc) is 3.21. The van der Waals surface area contributed by atoms with Gasteiger partial charge in [-0.05, 0) is 30.9 Å². The summed E-state index contributed by atoms with van der Waals surface area (Å²) in [6.07, 6.45) is 1.14. The van der Waals surface area contributed by atoms with Crippen molar-refractivity contribution in [2.75, 3.05) is 6.61 Å². The third-order valence-electron chi connectivity index (χ3n) is 5.29. The van der Waals surface area contributed by atoms with Crippen LogP contribution in [-0.2, 0) is 26.5 Å². The zero-order valence-corrected chi connectivity index (χ0v) is 15.6. The summed E-state index contributed by atoms with van der Waals surface area (Å²) in [4.78, 5) is 12.6. The van der Waals surface area contributed by atoms with Crippen molar-refractivity contribution in [2.45, 2.75) is 44.7 Å². The zero-order valence-electron chi connectivity index (χ0n) is 15.6. The van der Waals surface area contributed by atoms with Gasteiger partial charge in [0, 0.05) is 5.56 Å². The van der Waals surface area contributed by atoms with Crippen LogP contribution in [0.25, 0.3) is 0 Å². The number of benzene rings is 1. The molecule has 5 atom stereocenters. The number of rotatable bonds is 6. The zero-order chi connectivity index (χ0) is 19.4. The highest BCUT2D eigenvalue weighted by Crippen LogP contribution is 2.46. The molecular formula is C21H26O6. The molecule has 27 heavy (non-hydrogen) atoms. The molecule has 1 saturated carbocycles. The van der Waals surface area contributed by atoms with E-state index in [0.29, 0.717) is 5.56 Å². The van der Waals surface area contributed by atoms with Crippen molar-refractivity contribution in [1.82, 2.24) is 0 Å². The van der Waals surface area contributed by atoms with Crippen LogP contribution in [0.3, 0.4) is 0 Å². The van der Waals surface area contributed by atoms with E-state index in [1.165, 1.54) is 12.5 Å². The monoisotopic (exact) mass is 374 g/mol. The summed E-state index contributed by atoms with van der Waals surface area (Å²) in [5, 5.41) is 22.5. The standard InChI is InChI=1S/C21H26O6/c1-3-26-20(23)17-11-14(2)18(22)19(21(17,24)16-9-10-25-13-16)27-12-15-7-5-4-6-8-15/h4-10,13-14,17-19,22,24H,3,11-12H2,1-2H3/t14-,17+,18-,19+,21-/m1/s1. The lowest BCUT2D eigenvalue weighted by molar-refractivity contribution is -0.231. The molecule has 146 valence electrons. The van der Waals surface area contributed by atoms with Gasteiger partial charge >= 0.3 is 5.97 Å². The number of carbonyl (C=O) groups is 1. The van der Waals surface area contributed by atoms with Crippen molar-refractivity contribution < 1.29 is 28.9 Å². The van der Waals surface area contributed by atoms with E-state index in [9.17, 15) is 15.0 Å². The Balaban J connectivity index is 1.96. The van der Waals surface area contributed by atoms with Crippen LogP contribution in [0.1, 0.15) is 31.4 Å². The molecule has 0 spiro atoms. The van der Waals surface area contributed by atoms with Crippen LogP contribution in [0, 0.1) is 11.8 Å². The number of furan rings is 1. The molecule has 1 heterocycles. The second-order valence-corrected chi connectivity index (χ2v) is 7.06. The Morgan fingerprint density at radius 3 is 2.67 bits per heavy atom. The first kappa shape index (κ1) is 19.6. The Kier molecular flexibility index (Phi) is 5.99. The van der Waals surface area contributed by atoms with E-state index in [2.05, 4.69) is 0 Å². The molecule has 0 aliphatic heterocycles. The van der Waals surface area contributed by atoms with Gasteiger partial charge in [0.25, 0.3) is 0 Å². The maximum absolute atomic E-state index is 12.6. The lowest BCUT2D eigenvalue weighted by Gasteiger charge is -2.48. The smallest absolute Gasteiger partial charge is 0.312 e. The molecule has 3 rings (SSSR count). The van der Waals surface area contributed by atoms with Crippen LogP contribution in [0.5, 0.6) is 0 Å². The Labute approximate surface area is 158 Å². The summed E-state index contributed by atoms with van der Waals surface area (Å²) in [6, 6.07) is 11.1. The lowest BCUT2D eigenvalue weighted by Crippen LogP contribution is -2.61. The van der Waals surface area contributed by atoms with E-state index in [1.54, 1.807) is 13.0 Å². The van der Waals surface area contributed by atoms with Gasteiger partial charge in [0.1, 0.15) is 11.7 Å². The predicted molar refractivity (Wildman–Crippen MR) is 97.5 cm³/mol. The Bertz CT molecular complexity index is 728. The summed E-state index contributed by atoms with van der Waals surface area (Å²) < 4.78 is 16.3. The van der Waals surface area contributed by atoms with Crippen LogP contribution in [0.15, 0.2) is 53.3 Å². The largest absolute Gasteiger partial charge is 0.472 e. The fourth-order valence-electron chi connectivity index (χ4n) is 3.81. The molecule has 0 bridgehead atoms. The second-order valence-electron chi connectivity index (χ2n) is 7.06. The van der Waals surface area contributed by atoms with Crippen molar-refractivity contribution in [3.8, 4) is 0 Å². The molecule has 0 saturated heterocycles. The minimum absolute atomic E-state index is 0.199. The van der Waals surface area contributed by atoms with Crippen LogP contribution >= 0.6 is 0 Å². The average molecular weight is 374 g/mol. The minimum Gasteiger partial charge on any atom is -0.472 e. The number of esters is 1. The highest BCUT2D eigenvalue weighted by molar-refractivity contribution is 5.75. The van der Waals surface area contributed by atoms with Gasteiger partial charge in [0.2, 0.25) is 0 Å². The van der Waals surface area contributed by atoms with Crippen molar-refractivity contribution >= 4 is 5.97 Å². The highest BCUT2D eigenvalue weighted by Gasteiger charge is 2.58. The summed E-state index contributed by atoms with van der Waals surface area (Å²) in [5.41, 5.74) is -0.449. The summed E-state index contributed by atoms with van der Waals surface area (Å²) >= 11 is 0. The molecule has 2 aromatic rings. The number of hydrogen-bond acceptors (Lipinski definition) is 6. The van der Waals surface area contributed by atoms with Gasteiger partial charge in [0.15, 0.2) is 0 Å². The highest BCUT2D eigenvalue weighted by atomic mass is 16.5. The normalized spacial score (nSPS) is 30.8. The fraction of sp³-hybridized carbons (Fsp3) is 0.476. The maximum Gasteiger partial charge on any atom is 0.312 e. The van der Waals surface area contributed by atoms with E-state index in [-0.39, 0.29) is 25.6 Å². The second kappa shape index (κ2) is 8.25. The van der Waals surface area contributed by atoms with E-state index in [0.717, 1.165) is 5.56 Å². The first-order valence-electron chi connectivity index (χ1n) is 9.23. The molecule has 1 aromatic heterocycles. The van der Waals surface area contributed by atoms with Gasteiger partial charge < -0.3 is 24.1 Å². The molecule has 6 heteroatoms. The number of ether oxygens (including phenoxy) is 2. The van der Waals surface area contributed by atoms with E-state index in [4.69, 9.17) is 13.9 Å². The Morgan fingerprint density at radius 2 is 2.04 bits per heavy atom. The van der Waals surface area contributed by atoms with Gasteiger partial charge in [-0.1, -0.05) is 37.3 Å². The summed E-state index contributed by atoms with van der Waals surface area (Å²) in [7, 11) is 0. The third kappa shape index (κ3) is 3.78. The molecule has 1 aromatic carbocycles. The van der Waals surface area contributed by atoms with E-state index in [1.807, 2.05) is 37.3 Å². The molecule has 6 nitrogen and oxygen atoms in total. The lowest BCUT2D eigenvalue weighted by atomic mass is 9.65. The SMILES string of the molecule is CCOC(=O)[C@@H]1C[C@@H](C)[C@@H](O)[C@H](OCc2ccccc2)[C@@]1(O)c1ccoc1. The van der Waals surface area contributed by atoms with E-state index < -0.39 is 29.7 Å². The molecule has 0 amide bonds. The molecule has 1 aliphatic carbocycles. The van der Waals surface area contributed by atoms with Crippen LogP contribution < -0.4 is 0 Å². The van der Waals surface area contributed by atoms with Gasteiger partial charge in [-0.3, -0.25) is 4.79 Å². The predicted octanol–water partition coefficient (Wildman–Crippen LogP) is 2.63. The van der Waals surface area contributed by atoms with Crippen molar-refractivity contribution in [1.29, 1.82) is 0 Å². The molecule has 1 fully saturated rings. The molecule has 0 unspecified atom stereocenters. The van der Waals surface area contributed by atoms with Crippen LogP contribution in [0.4, 0.5) is 0 Å². The van der Waals surface area contributed by atoms with Crippen molar-refractivity contribution in [3.05, 3.63) is 60.1 Å². The summed E-state index contributed by atoms with van der Waals surface area (Å²) in [5.74, 6) is -1.62. The van der Waals surface area contributed by atoms with E-state index >= 15 is 0 Å². The number of aliphatic hydroxyl groups excluding tert-OH is 1. The summed E-state index contributed by atoms with van der Waals surface area (Å²) in [6.45, 7) is 3.97. The van der Waals surface area contributed by atoms with Gasteiger partial charge in [-0.2, -0.15) is 0 Å².